The van der Waals surface area contributed by atoms with Crippen molar-refractivity contribution in [3.8, 4) is 11.1 Å². The minimum Gasteiger partial charge on any atom is -0.465 e. The number of hydrogen-bond acceptors (Lipinski definition) is 3. The molecular weight excluding hydrogens is 298 g/mol. The third-order valence-corrected chi connectivity index (χ3v) is 3.88. The number of carbonyl (C=O) groups excluding carboxylic acids is 1. The van der Waals surface area contributed by atoms with Gasteiger partial charge in [0.25, 0.3) is 0 Å². The highest BCUT2D eigenvalue weighted by Crippen LogP contribution is 2.31. The molecule has 24 heavy (non-hydrogen) atoms. The molecule has 0 aromatic heterocycles. The van der Waals surface area contributed by atoms with Crippen LogP contribution in [-0.4, -0.2) is 13.1 Å². The number of ether oxygens (including phenoxy) is 1. The first-order chi connectivity index (χ1) is 11.8. The van der Waals surface area contributed by atoms with Crippen LogP contribution in [0.4, 0.5) is 5.69 Å². The minimum absolute atomic E-state index is 0.330. The molecule has 0 aliphatic heterocycles. The first-order valence-electron chi connectivity index (χ1n) is 7.84. The van der Waals surface area contributed by atoms with E-state index >= 15 is 0 Å². The van der Waals surface area contributed by atoms with E-state index < -0.39 is 0 Å². The summed E-state index contributed by atoms with van der Waals surface area (Å²) in [6, 6.07) is 25.7. The lowest BCUT2D eigenvalue weighted by atomic mass is 9.98. The Morgan fingerprint density at radius 2 is 1.46 bits per heavy atom. The first-order valence-corrected chi connectivity index (χ1v) is 7.84. The Hall–Kier alpha value is -3.07. The average molecular weight is 317 g/mol. The second kappa shape index (κ2) is 7.47. The summed E-state index contributed by atoms with van der Waals surface area (Å²) in [5.74, 6) is -0.330. The van der Waals surface area contributed by atoms with Crippen molar-refractivity contribution in [3.05, 3.63) is 90.0 Å². The van der Waals surface area contributed by atoms with Gasteiger partial charge >= 0.3 is 5.97 Å². The molecule has 3 heteroatoms. The molecule has 3 nitrogen and oxygen atoms in total. The highest BCUT2D eigenvalue weighted by Gasteiger charge is 2.14. The molecule has 3 aromatic rings. The van der Waals surface area contributed by atoms with Gasteiger partial charge in [-0.1, -0.05) is 66.7 Å². The van der Waals surface area contributed by atoms with Crippen LogP contribution < -0.4 is 5.32 Å². The van der Waals surface area contributed by atoms with Crippen LogP contribution in [0.15, 0.2) is 78.9 Å². The molecule has 1 N–H and O–H groups in total. The molecule has 0 aliphatic carbocycles. The Kier molecular flexibility index (Phi) is 4.92. The summed E-state index contributed by atoms with van der Waals surface area (Å²) < 4.78 is 4.91. The molecule has 0 spiro atoms. The molecule has 0 fully saturated rings. The molecule has 0 amide bonds. The summed E-state index contributed by atoms with van der Waals surface area (Å²) in [4.78, 5) is 12.1. The number of anilines is 1. The van der Waals surface area contributed by atoms with E-state index in [-0.39, 0.29) is 5.97 Å². The van der Waals surface area contributed by atoms with Gasteiger partial charge in [-0.2, -0.15) is 0 Å². The van der Waals surface area contributed by atoms with Gasteiger partial charge in [-0.15, -0.1) is 0 Å². The van der Waals surface area contributed by atoms with Crippen molar-refractivity contribution in [2.75, 3.05) is 12.4 Å². The molecule has 0 saturated carbocycles. The van der Waals surface area contributed by atoms with E-state index in [9.17, 15) is 4.79 Å². The Morgan fingerprint density at radius 1 is 0.833 bits per heavy atom. The van der Waals surface area contributed by atoms with Gasteiger partial charge in [-0.3, -0.25) is 0 Å². The molecule has 3 aromatic carbocycles. The fourth-order valence-electron chi connectivity index (χ4n) is 2.67. The van der Waals surface area contributed by atoms with Gasteiger partial charge in [0.1, 0.15) is 0 Å². The predicted molar refractivity (Wildman–Crippen MR) is 97.0 cm³/mol. The number of hydrogen-bond donors (Lipinski definition) is 1. The molecule has 0 radical (unpaired) electrons. The molecule has 0 heterocycles. The second-order valence-electron chi connectivity index (χ2n) is 5.42. The van der Waals surface area contributed by atoms with Crippen LogP contribution in [-0.2, 0) is 11.3 Å². The maximum Gasteiger partial charge on any atom is 0.338 e. The third kappa shape index (κ3) is 3.46. The fraction of sp³-hybridized carbons (Fsp3) is 0.0952. The van der Waals surface area contributed by atoms with Gasteiger partial charge in [0.15, 0.2) is 0 Å². The van der Waals surface area contributed by atoms with E-state index in [1.165, 1.54) is 12.7 Å². The Balaban J connectivity index is 1.94. The number of nitrogens with one attached hydrogen (secondary N) is 1. The lowest BCUT2D eigenvalue weighted by molar-refractivity contribution is 0.0601. The summed E-state index contributed by atoms with van der Waals surface area (Å²) in [5.41, 5.74) is 4.59. The van der Waals surface area contributed by atoms with Crippen LogP contribution >= 0.6 is 0 Å². The van der Waals surface area contributed by atoms with E-state index in [0.29, 0.717) is 5.56 Å². The van der Waals surface area contributed by atoms with E-state index in [2.05, 4.69) is 17.4 Å². The van der Waals surface area contributed by atoms with Crippen molar-refractivity contribution >= 4 is 11.7 Å². The summed E-state index contributed by atoms with van der Waals surface area (Å²) in [6.45, 7) is 0.720. The van der Waals surface area contributed by atoms with Crippen molar-refractivity contribution < 1.29 is 9.53 Å². The molecule has 0 bridgehead atoms. The lowest BCUT2D eigenvalue weighted by Gasteiger charge is -2.14. The van der Waals surface area contributed by atoms with Crippen LogP contribution in [0, 0.1) is 0 Å². The predicted octanol–water partition coefficient (Wildman–Crippen LogP) is 4.75. The van der Waals surface area contributed by atoms with E-state index in [0.717, 1.165) is 23.4 Å². The maximum atomic E-state index is 12.1. The molecular formula is C21H19NO2. The van der Waals surface area contributed by atoms with E-state index in [1.807, 2.05) is 60.7 Å². The second-order valence-corrected chi connectivity index (χ2v) is 5.42. The van der Waals surface area contributed by atoms with Gasteiger partial charge in [0, 0.05) is 17.8 Å². The number of benzene rings is 3. The van der Waals surface area contributed by atoms with Gasteiger partial charge in [0.05, 0.1) is 12.7 Å². The van der Waals surface area contributed by atoms with Crippen molar-refractivity contribution in [2.24, 2.45) is 0 Å². The third-order valence-electron chi connectivity index (χ3n) is 3.88. The Morgan fingerprint density at radius 3 is 2.21 bits per heavy atom. The minimum atomic E-state index is -0.330. The van der Waals surface area contributed by atoms with Crippen LogP contribution in [0.5, 0.6) is 0 Å². The van der Waals surface area contributed by atoms with Gasteiger partial charge in [0.2, 0.25) is 0 Å². The number of rotatable bonds is 5. The van der Waals surface area contributed by atoms with Gasteiger partial charge in [-0.25, -0.2) is 4.79 Å². The molecule has 0 aliphatic rings. The van der Waals surface area contributed by atoms with Crippen LogP contribution in [0.3, 0.4) is 0 Å². The standard InChI is InChI=1S/C21H19NO2/c1-24-21(23)19-13-6-5-11-17(19)18-12-7-8-14-20(18)22-15-16-9-3-2-4-10-16/h2-14,22H,15H2,1H3. The highest BCUT2D eigenvalue weighted by atomic mass is 16.5. The normalized spacial score (nSPS) is 10.2. The smallest absolute Gasteiger partial charge is 0.338 e. The summed E-state index contributed by atoms with van der Waals surface area (Å²) in [6.07, 6.45) is 0. The fourth-order valence-corrected chi connectivity index (χ4v) is 2.67. The number of esters is 1. The van der Waals surface area contributed by atoms with E-state index in [1.54, 1.807) is 6.07 Å². The number of carbonyl (C=O) groups is 1. The van der Waals surface area contributed by atoms with E-state index in [4.69, 9.17) is 4.74 Å². The molecule has 0 saturated heterocycles. The Bertz CT molecular complexity index is 828. The largest absolute Gasteiger partial charge is 0.465 e. The van der Waals surface area contributed by atoms with Crippen molar-refractivity contribution in [1.82, 2.24) is 0 Å². The van der Waals surface area contributed by atoms with Crippen LogP contribution in [0.1, 0.15) is 15.9 Å². The number of methoxy groups -OCH3 is 1. The van der Waals surface area contributed by atoms with Crippen molar-refractivity contribution in [1.29, 1.82) is 0 Å². The zero-order chi connectivity index (χ0) is 16.8. The average Bonchev–Trinajstić information content (AvgIpc) is 2.67. The molecule has 0 atom stereocenters. The SMILES string of the molecule is COC(=O)c1ccccc1-c1ccccc1NCc1ccccc1. The number of para-hydroxylation sites is 1. The van der Waals surface area contributed by atoms with Crippen LogP contribution in [0.25, 0.3) is 11.1 Å². The maximum absolute atomic E-state index is 12.1. The monoisotopic (exact) mass is 317 g/mol. The molecule has 3 rings (SSSR count). The molecule has 120 valence electrons. The summed E-state index contributed by atoms with van der Waals surface area (Å²) in [7, 11) is 1.40. The van der Waals surface area contributed by atoms with Gasteiger partial charge in [-0.05, 0) is 23.3 Å². The molecule has 0 unspecified atom stereocenters. The van der Waals surface area contributed by atoms with Crippen LogP contribution in [0.2, 0.25) is 0 Å². The first kappa shape index (κ1) is 15.8. The van der Waals surface area contributed by atoms with Crippen molar-refractivity contribution in [3.63, 3.8) is 0 Å². The summed E-state index contributed by atoms with van der Waals surface area (Å²) in [5, 5.41) is 3.46. The quantitative estimate of drug-likeness (QED) is 0.690. The zero-order valence-electron chi connectivity index (χ0n) is 13.5. The van der Waals surface area contributed by atoms with Crippen molar-refractivity contribution in [2.45, 2.75) is 6.54 Å². The van der Waals surface area contributed by atoms with Gasteiger partial charge < -0.3 is 10.1 Å². The summed E-state index contributed by atoms with van der Waals surface area (Å²) >= 11 is 0. The highest BCUT2D eigenvalue weighted by molar-refractivity contribution is 5.99. The topological polar surface area (TPSA) is 38.3 Å². The Labute approximate surface area is 141 Å². The zero-order valence-corrected chi connectivity index (χ0v) is 13.5. The lowest BCUT2D eigenvalue weighted by Crippen LogP contribution is -2.05.